The fourth-order valence-corrected chi connectivity index (χ4v) is 1.87. The van der Waals surface area contributed by atoms with Crippen LogP contribution in [-0.4, -0.2) is 40.5 Å². The number of aliphatic hydroxyl groups is 2. The second-order valence-corrected chi connectivity index (χ2v) is 3.38. The standard InChI is InChI=1S/C9H18NO2/c1-8(12)10-6-3-2-4-9(10)5-7-11/h8-9,11-12H,1-7H2. The summed E-state index contributed by atoms with van der Waals surface area (Å²) in [5.74, 6) is 0. The molecule has 3 heteroatoms. The zero-order valence-corrected chi connectivity index (χ0v) is 7.45. The van der Waals surface area contributed by atoms with Gasteiger partial charge in [0.1, 0.15) is 6.23 Å². The molecule has 0 aliphatic carbocycles. The number of likely N-dealkylation sites (tertiary alicyclic amines) is 1. The van der Waals surface area contributed by atoms with Gasteiger partial charge in [0.05, 0.1) is 0 Å². The summed E-state index contributed by atoms with van der Waals surface area (Å²) in [5.41, 5.74) is 0. The first-order valence-electron chi connectivity index (χ1n) is 4.63. The van der Waals surface area contributed by atoms with Gasteiger partial charge < -0.3 is 10.2 Å². The number of nitrogens with zero attached hydrogens (tertiary/aromatic N) is 1. The monoisotopic (exact) mass is 172 g/mol. The summed E-state index contributed by atoms with van der Waals surface area (Å²) in [6, 6.07) is 0.330. The van der Waals surface area contributed by atoms with Gasteiger partial charge in [0.25, 0.3) is 0 Å². The van der Waals surface area contributed by atoms with Crippen molar-refractivity contribution in [1.82, 2.24) is 4.90 Å². The zero-order valence-electron chi connectivity index (χ0n) is 7.45. The zero-order chi connectivity index (χ0) is 8.97. The molecule has 0 saturated carbocycles. The molecule has 1 heterocycles. The lowest BCUT2D eigenvalue weighted by molar-refractivity contribution is -0.0178. The molecular weight excluding hydrogens is 154 g/mol. The van der Waals surface area contributed by atoms with E-state index >= 15 is 0 Å². The average molecular weight is 172 g/mol. The van der Waals surface area contributed by atoms with Crippen molar-refractivity contribution in [1.29, 1.82) is 0 Å². The Kier molecular flexibility index (Phi) is 3.98. The van der Waals surface area contributed by atoms with Crippen LogP contribution < -0.4 is 0 Å². The molecule has 2 unspecified atom stereocenters. The number of piperidine rings is 1. The van der Waals surface area contributed by atoms with Gasteiger partial charge in [-0.2, -0.15) is 0 Å². The second-order valence-electron chi connectivity index (χ2n) is 3.38. The summed E-state index contributed by atoms with van der Waals surface area (Å²) in [6.07, 6.45) is 3.56. The van der Waals surface area contributed by atoms with E-state index < -0.39 is 6.23 Å². The van der Waals surface area contributed by atoms with Crippen LogP contribution in [0.4, 0.5) is 0 Å². The molecule has 1 rings (SSSR count). The molecule has 1 radical (unpaired) electrons. The van der Waals surface area contributed by atoms with Gasteiger partial charge in [-0.15, -0.1) is 0 Å². The van der Waals surface area contributed by atoms with Gasteiger partial charge >= 0.3 is 0 Å². The lowest BCUT2D eigenvalue weighted by Crippen LogP contribution is -2.45. The lowest BCUT2D eigenvalue weighted by Gasteiger charge is -2.37. The smallest absolute Gasteiger partial charge is 0.107 e. The maximum Gasteiger partial charge on any atom is 0.107 e. The van der Waals surface area contributed by atoms with E-state index in [1.165, 1.54) is 6.42 Å². The summed E-state index contributed by atoms with van der Waals surface area (Å²) in [4.78, 5) is 1.97. The van der Waals surface area contributed by atoms with Gasteiger partial charge in [-0.1, -0.05) is 6.42 Å². The van der Waals surface area contributed by atoms with Crippen LogP contribution in [0, 0.1) is 6.92 Å². The average Bonchev–Trinajstić information content (AvgIpc) is 2.05. The Hall–Kier alpha value is -0.120. The molecule has 0 aromatic heterocycles. The fraction of sp³-hybridized carbons (Fsp3) is 0.889. The molecule has 1 aliphatic heterocycles. The van der Waals surface area contributed by atoms with Crippen molar-refractivity contribution in [3.8, 4) is 0 Å². The van der Waals surface area contributed by atoms with Gasteiger partial charge in [0, 0.05) is 19.2 Å². The Morgan fingerprint density at radius 3 is 2.83 bits per heavy atom. The van der Waals surface area contributed by atoms with Crippen LogP contribution >= 0.6 is 0 Å². The van der Waals surface area contributed by atoms with E-state index in [2.05, 4.69) is 6.92 Å². The molecule has 0 aromatic carbocycles. The van der Waals surface area contributed by atoms with Crippen LogP contribution in [0.3, 0.4) is 0 Å². The van der Waals surface area contributed by atoms with Crippen molar-refractivity contribution in [3.05, 3.63) is 6.92 Å². The highest BCUT2D eigenvalue weighted by atomic mass is 16.3. The van der Waals surface area contributed by atoms with Crippen LogP contribution in [0.25, 0.3) is 0 Å². The van der Waals surface area contributed by atoms with Crippen LogP contribution in [0.5, 0.6) is 0 Å². The SMILES string of the molecule is [CH2]C(O)N1CCCCC1CCO. The van der Waals surface area contributed by atoms with Crippen LogP contribution in [0.2, 0.25) is 0 Å². The summed E-state index contributed by atoms with van der Waals surface area (Å²) in [5, 5.41) is 18.1. The van der Waals surface area contributed by atoms with Gasteiger partial charge in [-0.25, -0.2) is 0 Å². The molecular formula is C9H18NO2. The van der Waals surface area contributed by atoms with Crippen molar-refractivity contribution in [2.24, 2.45) is 0 Å². The van der Waals surface area contributed by atoms with Crippen molar-refractivity contribution in [3.63, 3.8) is 0 Å². The first kappa shape index (κ1) is 9.96. The molecule has 0 bridgehead atoms. The van der Waals surface area contributed by atoms with E-state index in [0.29, 0.717) is 6.04 Å². The Bertz CT molecular complexity index is 126. The van der Waals surface area contributed by atoms with E-state index in [1.54, 1.807) is 0 Å². The Labute approximate surface area is 74.0 Å². The molecule has 2 atom stereocenters. The van der Waals surface area contributed by atoms with E-state index in [9.17, 15) is 5.11 Å². The van der Waals surface area contributed by atoms with E-state index in [-0.39, 0.29) is 6.61 Å². The van der Waals surface area contributed by atoms with Gasteiger partial charge in [-0.05, 0) is 26.2 Å². The molecule has 3 nitrogen and oxygen atoms in total. The summed E-state index contributed by atoms with van der Waals surface area (Å²) < 4.78 is 0. The molecule has 1 fully saturated rings. The molecule has 0 spiro atoms. The van der Waals surface area contributed by atoms with Crippen molar-refractivity contribution < 1.29 is 10.2 Å². The van der Waals surface area contributed by atoms with E-state index in [0.717, 1.165) is 25.8 Å². The third-order valence-corrected chi connectivity index (χ3v) is 2.52. The van der Waals surface area contributed by atoms with Crippen LogP contribution in [-0.2, 0) is 0 Å². The molecule has 1 saturated heterocycles. The van der Waals surface area contributed by atoms with E-state index in [4.69, 9.17) is 5.11 Å². The maximum atomic E-state index is 9.31. The van der Waals surface area contributed by atoms with Crippen LogP contribution in [0.1, 0.15) is 25.7 Å². The van der Waals surface area contributed by atoms with Crippen molar-refractivity contribution >= 4 is 0 Å². The maximum absolute atomic E-state index is 9.31. The third-order valence-electron chi connectivity index (χ3n) is 2.52. The molecule has 0 aromatic rings. The molecule has 0 amide bonds. The predicted molar refractivity (Wildman–Crippen MR) is 47.4 cm³/mol. The first-order valence-corrected chi connectivity index (χ1v) is 4.63. The van der Waals surface area contributed by atoms with Gasteiger partial charge in [0.2, 0.25) is 0 Å². The highest BCUT2D eigenvalue weighted by molar-refractivity contribution is 4.79. The molecule has 2 N–H and O–H groups in total. The second kappa shape index (κ2) is 4.80. The minimum atomic E-state index is -0.609. The molecule has 1 aliphatic rings. The Morgan fingerprint density at radius 2 is 2.25 bits per heavy atom. The predicted octanol–water partition coefficient (Wildman–Crippen LogP) is 0.376. The minimum absolute atomic E-state index is 0.202. The molecule has 12 heavy (non-hydrogen) atoms. The molecule has 71 valence electrons. The van der Waals surface area contributed by atoms with Crippen LogP contribution in [0.15, 0.2) is 0 Å². The number of rotatable bonds is 3. The number of aliphatic hydroxyl groups excluding tert-OH is 2. The van der Waals surface area contributed by atoms with Gasteiger partial charge in [-0.3, -0.25) is 4.90 Å². The topological polar surface area (TPSA) is 43.7 Å². The number of hydrogen-bond donors (Lipinski definition) is 2. The lowest BCUT2D eigenvalue weighted by atomic mass is 9.99. The first-order chi connectivity index (χ1) is 5.75. The summed E-state index contributed by atoms with van der Waals surface area (Å²) in [6.45, 7) is 4.71. The van der Waals surface area contributed by atoms with E-state index in [1.807, 2.05) is 4.90 Å². The number of hydrogen-bond acceptors (Lipinski definition) is 3. The van der Waals surface area contributed by atoms with Crippen molar-refractivity contribution in [2.45, 2.75) is 38.0 Å². The quantitative estimate of drug-likeness (QED) is 0.646. The normalized spacial score (nSPS) is 28.8. The highest BCUT2D eigenvalue weighted by Gasteiger charge is 2.24. The van der Waals surface area contributed by atoms with Crippen molar-refractivity contribution in [2.75, 3.05) is 13.2 Å². The minimum Gasteiger partial charge on any atom is -0.396 e. The van der Waals surface area contributed by atoms with Gasteiger partial charge in [0.15, 0.2) is 0 Å². The third kappa shape index (κ3) is 2.44. The summed E-state index contributed by atoms with van der Waals surface area (Å²) >= 11 is 0. The Balaban J connectivity index is 2.42. The Morgan fingerprint density at radius 1 is 1.50 bits per heavy atom. The fourth-order valence-electron chi connectivity index (χ4n) is 1.87. The largest absolute Gasteiger partial charge is 0.396 e. The highest BCUT2D eigenvalue weighted by Crippen LogP contribution is 2.20. The summed E-state index contributed by atoms with van der Waals surface area (Å²) in [7, 11) is 0.